The van der Waals surface area contributed by atoms with Crippen LogP contribution in [0.1, 0.15) is 50.4 Å². The third-order valence-corrected chi connectivity index (χ3v) is 6.38. The van der Waals surface area contributed by atoms with Gasteiger partial charge in [0.1, 0.15) is 0 Å². The first-order valence-electron chi connectivity index (χ1n) is 11.6. The number of nitrogens with one attached hydrogen (secondary N) is 1. The van der Waals surface area contributed by atoms with Gasteiger partial charge >= 0.3 is 5.97 Å². The van der Waals surface area contributed by atoms with Crippen molar-refractivity contribution < 1.29 is 23.9 Å². The van der Waals surface area contributed by atoms with E-state index in [1.807, 2.05) is 48.9 Å². The Morgan fingerprint density at radius 1 is 1.00 bits per heavy atom. The molecule has 2 aliphatic rings. The van der Waals surface area contributed by atoms with Crippen LogP contribution in [0.4, 0.5) is 5.69 Å². The molecule has 1 atom stereocenters. The first-order valence-corrected chi connectivity index (χ1v) is 11.6. The van der Waals surface area contributed by atoms with Crippen molar-refractivity contribution in [3.05, 3.63) is 88.7 Å². The molecule has 182 valence electrons. The number of hydrogen-bond acceptors (Lipinski definition) is 6. The lowest BCUT2D eigenvalue weighted by Gasteiger charge is -2.15. The smallest absolute Gasteiger partial charge is 0.308 e. The molecule has 5 rings (SSSR count). The molecule has 3 heterocycles. The fourth-order valence-corrected chi connectivity index (χ4v) is 4.46. The number of esters is 1. The minimum absolute atomic E-state index is 0.0716. The minimum Gasteiger partial charge on any atom is -0.430 e. The number of imide groups is 1. The molecule has 1 unspecified atom stereocenters. The first-order chi connectivity index (χ1) is 17.3. The van der Waals surface area contributed by atoms with Crippen LogP contribution >= 0.6 is 0 Å². The second-order valence-corrected chi connectivity index (χ2v) is 8.70. The van der Waals surface area contributed by atoms with E-state index < -0.39 is 18.1 Å². The highest BCUT2D eigenvalue weighted by atomic mass is 16.6. The van der Waals surface area contributed by atoms with E-state index in [0.717, 1.165) is 21.7 Å². The zero-order valence-electron chi connectivity index (χ0n) is 19.9. The number of nitrogens with zero attached hydrogens (tertiary/aromatic N) is 3. The van der Waals surface area contributed by atoms with Gasteiger partial charge in [0.15, 0.2) is 0 Å². The first kappa shape index (κ1) is 23.2. The Morgan fingerprint density at radius 3 is 2.31 bits per heavy atom. The molecule has 1 N–H and O–H groups in total. The average Bonchev–Trinajstić information content (AvgIpc) is 3.23. The second-order valence-electron chi connectivity index (χ2n) is 8.70. The molecule has 36 heavy (non-hydrogen) atoms. The summed E-state index contributed by atoms with van der Waals surface area (Å²) in [5.41, 5.74) is 4.31. The molecule has 3 amide bonds. The molecular formula is C27H24N4O5. The van der Waals surface area contributed by atoms with Gasteiger partial charge in [0.25, 0.3) is 23.9 Å². The molecule has 0 radical (unpaired) electrons. The quantitative estimate of drug-likeness (QED) is 0.427. The number of rotatable bonds is 6. The summed E-state index contributed by atoms with van der Waals surface area (Å²) in [5, 5.41) is 2.81. The van der Waals surface area contributed by atoms with Gasteiger partial charge in [-0.2, -0.15) is 0 Å². The highest BCUT2D eigenvalue weighted by Gasteiger charge is 2.35. The van der Waals surface area contributed by atoms with Gasteiger partial charge < -0.3 is 14.6 Å². The Morgan fingerprint density at radius 2 is 1.64 bits per heavy atom. The summed E-state index contributed by atoms with van der Waals surface area (Å²) >= 11 is 0. The predicted octanol–water partition coefficient (Wildman–Crippen LogP) is 3.07. The zero-order valence-corrected chi connectivity index (χ0v) is 19.9. The normalized spacial score (nSPS) is 16.7. The molecule has 2 aliphatic heterocycles. The highest BCUT2D eigenvalue weighted by Crippen LogP contribution is 2.29. The molecule has 9 nitrogen and oxygen atoms in total. The molecule has 3 aromatic rings. The summed E-state index contributed by atoms with van der Waals surface area (Å²) in [5.74, 6) is -1.96. The number of carbonyl (C=O) groups excluding carboxylic acids is 4. The number of aliphatic imine (C=N–C) groups is 1. The lowest BCUT2D eigenvalue weighted by molar-refractivity contribution is -0.153. The van der Waals surface area contributed by atoms with E-state index in [4.69, 9.17) is 4.74 Å². The maximum absolute atomic E-state index is 12.9. The van der Waals surface area contributed by atoms with E-state index in [9.17, 15) is 19.2 Å². The topological polar surface area (TPSA) is 110 Å². The number of anilines is 1. The SMILES string of the molecule is Cc1c2c(cn1C)NC(=O)C(OC(=O)CCCN1C(=O)c3ccccc3C1=O)N=C2c1ccccc1. The molecule has 2 aromatic carbocycles. The van der Waals surface area contributed by atoms with Gasteiger partial charge in [0.05, 0.1) is 22.5 Å². The molecule has 9 heteroatoms. The molecule has 1 aromatic heterocycles. The van der Waals surface area contributed by atoms with Crippen molar-refractivity contribution in [2.24, 2.45) is 12.0 Å². The van der Waals surface area contributed by atoms with Crippen LogP contribution < -0.4 is 5.32 Å². The number of fused-ring (bicyclic) bond motifs is 2. The van der Waals surface area contributed by atoms with E-state index in [0.29, 0.717) is 22.5 Å². The van der Waals surface area contributed by atoms with Gasteiger partial charge in [-0.15, -0.1) is 0 Å². The van der Waals surface area contributed by atoms with Crippen molar-refractivity contribution in [1.29, 1.82) is 0 Å². The maximum Gasteiger partial charge on any atom is 0.308 e. The van der Waals surface area contributed by atoms with Gasteiger partial charge in [0, 0.05) is 43.0 Å². The Labute approximate surface area is 207 Å². The molecule has 0 bridgehead atoms. The van der Waals surface area contributed by atoms with Crippen LogP contribution in [-0.2, 0) is 21.4 Å². The van der Waals surface area contributed by atoms with E-state index in [2.05, 4.69) is 10.3 Å². The number of benzene rings is 2. The predicted molar refractivity (Wildman–Crippen MR) is 132 cm³/mol. The number of hydrogen-bond donors (Lipinski definition) is 1. The molecule has 0 saturated carbocycles. The number of ether oxygens (including phenoxy) is 1. The van der Waals surface area contributed by atoms with Crippen molar-refractivity contribution in [1.82, 2.24) is 9.47 Å². The highest BCUT2D eigenvalue weighted by molar-refractivity contribution is 6.21. The third kappa shape index (κ3) is 4.08. The van der Waals surface area contributed by atoms with Crippen molar-refractivity contribution in [2.75, 3.05) is 11.9 Å². The zero-order chi connectivity index (χ0) is 25.4. The van der Waals surface area contributed by atoms with Crippen LogP contribution in [0, 0.1) is 6.92 Å². The van der Waals surface area contributed by atoms with Crippen molar-refractivity contribution in [3.8, 4) is 0 Å². The third-order valence-electron chi connectivity index (χ3n) is 6.38. The maximum atomic E-state index is 12.9. The van der Waals surface area contributed by atoms with Crippen LogP contribution in [0.25, 0.3) is 0 Å². The monoisotopic (exact) mass is 484 g/mol. The van der Waals surface area contributed by atoms with Crippen LogP contribution in [0.3, 0.4) is 0 Å². The fourth-order valence-electron chi connectivity index (χ4n) is 4.46. The van der Waals surface area contributed by atoms with Crippen LogP contribution in [0.2, 0.25) is 0 Å². The number of aryl methyl sites for hydroxylation is 1. The Hall–Kier alpha value is -4.53. The van der Waals surface area contributed by atoms with E-state index in [1.54, 1.807) is 30.5 Å². The van der Waals surface area contributed by atoms with Gasteiger partial charge in [-0.3, -0.25) is 24.1 Å². The van der Waals surface area contributed by atoms with Gasteiger partial charge in [0.2, 0.25) is 0 Å². The largest absolute Gasteiger partial charge is 0.430 e. The summed E-state index contributed by atoms with van der Waals surface area (Å²) in [6.07, 6.45) is 0.547. The van der Waals surface area contributed by atoms with E-state index >= 15 is 0 Å². The van der Waals surface area contributed by atoms with Gasteiger partial charge in [-0.25, -0.2) is 4.99 Å². The lowest BCUT2D eigenvalue weighted by Crippen LogP contribution is -2.32. The van der Waals surface area contributed by atoms with Gasteiger partial charge in [-0.1, -0.05) is 42.5 Å². The van der Waals surface area contributed by atoms with Crippen molar-refractivity contribution >= 4 is 35.1 Å². The Kier molecular flexibility index (Phi) is 5.97. The average molecular weight is 485 g/mol. The summed E-state index contributed by atoms with van der Waals surface area (Å²) in [6, 6.07) is 16.0. The van der Waals surface area contributed by atoms with E-state index in [1.165, 1.54) is 0 Å². The fraction of sp³-hybridized carbons (Fsp3) is 0.222. The van der Waals surface area contributed by atoms with Crippen LogP contribution in [0.15, 0.2) is 65.8 Å². The minimum atomic E-state index is -1.37. The number of amides is 3. The summed E-state index contributed by atoms with van der Waals surface area (Å²) in [6.45, 7) is 2.00. The summed E-state index contributed by atoms with van der Waals surface area (Å²) in [4.78, 5) is 56.2. The molecule has 0 fully saturated rings. The van der Waals surface area contributed by atoms with Crippen LogP contribution in [0.5, 0.6) is 0 Å². The summed E-state index contributed by atoms with van der Waals surface area (Å²) < 4.78 is 7.35. The number of carbonyl (C=O) groups is 4. The van der Waals surface area contributed by atoms with Crippen molar-refractivity contribution in [2.45, 2.75) is 26.0 Å². The van der Waals surface area contributed by atoms with Crippen molar-refractivity contribution in [3.63, 3.8) is 0 Å². The molecule has 0 saturated heterocycles. The van der Waals surface area contributed by atoms with Gasteiger partial charge in [-0.05, 0) is 25.5 Å². The molecule has 0 spiro atoms. The molecule has 0 aliphatic carbocycles. The number of aromatic nitrogens is 1. The standard InChI is InChI=1S/C27H24N4O5/c1-16-22-20(15-30(16)2)28-24(33)25(29-23(22)17-9-4-3-5-10-17)36-21(32)13-8-14-31-26(34)18-11-6-7-12-19(18)27(31)35/h3-7,9-12,15,25H,8,13-14H2,1-2H3,(H,28,33). The summed E-state index contributed by atoms with van der Waals surface area (Å²) in [7, 11) is 1.88. The molecular weight excluding hydrogens is 460 g/mol. The van der Waals surface area contributed by atoms with E-state index in [-0.39, 0.29) is 31.2 Å². The lowest BCUT2D eigenvalue weighted by atomic mass is 10.0. The van der Waals surface area contributed by atoms with Crippen LogP contribution in [-0.4, -0.2) is 51.6 Å². The second kappa shape index (κ2) is 9.26. The Bertz CT molecular complexity index is 1390. The Balaban J connectivity index is 1.30.